The van der Waals surface area contributed by atoms with Gasteiger partial charge in [-0.1, -0.05) is 36.4 Å². The number of aliphatic hydroxyl groups is 1. The van der Waals surface area contributed by atoms with Crippen molar-refractivity contribution in [3.05, 3.63) is 53.4 Å². The Hall–Kier alpha value is -1.85. The molecule has 0 saturated heterocycles. The second-order valence-corrected chi connectivity index (χ2v) is 3.06. The zero-order valence-electron chi connectivity index (χ0n) is 7.57. The van der Waals surface area contributed by atoms with Crippen molar-refractivity contribution in [3.63, 3.8) is 0 Å². The second-order valence-electron chi connectivity index (χ2n) is 3.06. The van der Waals surface area contributed by atoms with Crippen LogP contribution in [0.3, 0.4) is 0 Å². The Bertz CT molecular complexity index is 511. The molecular weight excluding hydrogens is 174 g/mol. The van der Waals surface area contributed by atoms with E-state index in [0.29, 0.717) is 5.69 Å². The normalized spacial score (nSPS) is 10.0. The molecule has 0 unspecified atom stereocenters. The van der Waals surface area contributed by atoms with Gasteiger partial charge in [0, 0.05) is 0 Å². The van der Waals surface area contributed by atoms with Gasteiger partial charge >= 0.3 is 0 Å². The fourth-order valence-electron chi connectivity index (χ4n) is 1.58. The molecule has 2 heteroatoms. The van der Waals surface area contributed by atoms with Gasteiger partial charge in [0.25, 0.3) is 0 Å². The van der Waals surface area contributed by atoms with E-state index in [1.165, 1.54) is 0 Å². The van der Waals surface area contributed by atoms with Gasteiger partial charge in [-0.2, -0.15) is 0 Å². The fourth-order valence-corrected chi connectivity index (χ4v) is 1.58. The predicted molar refractivity (Wildman–Crippen MR) is 56.1 cm³/mol. The molecule has 68 valence electrons. The van der Waals surface area contributed by atoms with Crippen molar-refractivity contribution in [2.45, 2.75) is 6.61 Å². The molecule has 2 aromatic carbocycles. The van der Waals surface area contributed by atoms with Crippen LogP contribution in [0.1, 0.15) is 5.56 Å². The Labute approximate surface area is 82.2 Å². The quantitative estimate of drug-likeness (QED) is 0.675. The lowest BCUT2D eigenvalue weighted by molar-refractivity contribution is 0.283. The third-order valence-electron chi connectivity index (χ3n) is 2.28. The van der Waals surface area contributed by atoms with Crippen LogP contribution in [0, 0.1) is 6.57 Å². The van der Waals surface area contributed by atoms with Crippen LogP contribution >= 0.6 is 0 Å². The number of aliphatic hydroxyl groups excluding tert-OH is 1. The van der Waals surface area contributed by atoms with E-state index in [1.54, 1.807) is 12.1 Å². The summed E-state index contributed by atoms with van der Waals surface area (Å²) in [5.41, 5.74) is 1.51. The number of fused-ring (bicyclic) bond motifs is 1. The summed E-state index contributed by atoms with van der Waals surface area (Å²) in [7, 11) is 0. The Morgan fingerprint density at radius 1 is 1.07 bits per heavy atom. The summed E-state index contributed by atoms with van der Waals surface area (Å²) in [5, 5.41) is 11.0. The van der Waals surface area contributed by atoms with Crippen molar-refractivity contribution in [2.24, 2.45) is 0 Å². The van der Waals surface area contributed by atoms with E-state index in [2.05, 4.69) is 4.85 Å². The average Bonchev–Trinajstić information content (AvgIpc) is 2.27. The summed E-state index contributed by atoms with van der Waals surface area (Å²) < 4.78 is 0. The summed E-state index contributed by atoms with van der Waals surface area (Å²) in [5.74, 6) is 0. The van der Waals surface area contributed by atoms with Crippen LogP contribution in [0.2, 0.25) is 0 Å². The van der Waals surface area contributed by atoms with Crippen LogP contribution in [0.4, 0.5) is 5.69 Å². The number of benzene rings is 2. The van der Waals surface area contributed by atoms with Crippen LogP contribution in [0.5, 0.6) is 0 Å². The molecule has 0 amide bonds. The Morgan fingerprint density at radius 3 is 2.43 bits per heavy atom. The molecule has 2 nitrogen and oxygen atoms in total. The zero-order chi connectivity index (χ0) is 9.97. The Balaban J connectivity index is 2.87. The first-order valence-electron chi connectivity index (χ1n) is 4.36. The largest absolute Gasteiger partial charge is 0.392 e. The first-order valence-corrected chi connectivity index (χ1v) is 4.36. The lowest BCUT2D eigenvalue weighted by atomic mass is 10.0. The SMILES string of the molecule is [C-]#[N+]c1ccc(CO)c2ccccc12. The first kappa shape index (κ1) is 8.74. The molecule has 2 rings (SSSR count). The molecule has 1 N–H and O–H groups in total. The van der Waals surface area contributed by atoms with Gasteiger partial charge in [-0.3, -0.25) is 0 Å². The summed E-state index contributed by atoms with van der Waals surface area (Å²) in [6.07, 6.45) is 0. The van der Waals surface area contributed by atoms with Gasteiger partial charge < -0.3 is 5.11 Å². The third kappa shape index (κ3) is 1.24. The maximum absolute atomic E-state index is 9.12. The molecule has 0 bridgehead atoms. The molecule has 0 spiro atoms. The molecule has 0 aliphatic carbocycles. The van der Waals surface area contributed by atoms with E-state index in [9.17, 15) is 0 Å². The van der Waals surface area contributed by atoms with E-state index in [4.69, 9.17) is 11.7 Å². The molecule has 0 radical (unpaired) electrons. The summed E-state index contributed by atoms with van der Waals surface area (Å²) >= 11 is 0. The van der Waals surface area contributed by atoms with E-state index in [0.717, 1.165) is 16.3 Å². The van der Waals surface area contributed by atoms with E-state index in [-0.39, 0.29) is 6.61 Å². The topological polar surface area (TPSA) is 24.6 Å². The summed E-state index contributed by atoms with van der Waals surface area (Å²) in [4.78, 5) is 3.44. The number of hydrogen-bond donors (Lipinski definition) is 1. The fraction of sp³-hybridized carbons (Fsp3) is 0.0833. The van der Waals surface area contributed by atoms with Crippen molar-refractivity contribution < 1.29 is 5.11 Å². The standard InChI is InChI=1S/C12H9NO/c1-13-12-7-6-9(8-14)10-4-2-3-5-11(10)12/h2-7,14H,8H2. The molecule has 14 heavy (non-hydrogen) atoms. The van der Waals surface area contributed by atoms with Crippen LogP contribution in [-0.4, -0.2) is 5.11 Å². The van der Waals surface area contributed by atoms with Crippen LogP contribution in [0.15, 0.2) is 36.4 Å². The van der Waals surface area contributed by atoms with Gasteiger partial charge in [0.05, 0.1) is 13.2 Å². The maximum atomic E-state index is 9.12. The molecule has 0 atom stereocenters. The molecule has 0 aromatic heterocycles. The van der Waals surface area contributed by atoms with Gasteiger partial charge in [-0.25, -0.2) is 4.85 Å². The molecule has 0 aliphatic rings. The van der Waals surface area contributed by atoms with E-state index >= 15 is 0 Å². The molecule has 0 heterocycles. The monoisotopic (exact) mass is 183 g/mol. The molecule has 0 aliphatic heterocycles. The van der Waals surface area contributed by atoms with Gasteiger partial charge in [-0.15, -0.1) is 0 Å². The van der Waals surface area contributed by atoms with Crippen molar-refractivity contribution in [1.29, 1.82) is 0 Å². The molecular formula is C12H9NO. The smallest absolute Gasteiger partial charge is 0.194 e. The highest BCUT2D eigenvalue weighted by molar-refractivity contribution is 5.96. The van der Waals surface area contributed by atoms with Crippen LogP contribution < -0.4 is 0 Å². The van der Waals surface area contributed by atoms with Crippen LogP contribution in [-0.2, 0) is 6.61 Å². The first-order chi connectivity index (χ1) is 6.86. The van der Waals surface area contributed by atoms with Gasteiger partial charge in [0.1, 0.15) is 0 Å². The lowest BCUT2D eigenvalue weighted by Gasteiger charge is -2.04. The van der Waals surface area contributed by atoms with Crippen molar-refractivity contribution in [3.8, 4) is 0 Å². The summed E-state index contributed by atoms with van der Waals surface area (Å²) in [6.45, 7) is 7.03. The minimum Gasteiger partial charge on any atom is -0.392 e. The number of hydrogen-bond acceptors (Lipinski definition) is 1. The Kier molecular flexibility index (Phi) is 2.18. The highest BCUT2D eigenvalue weighted by Gasteiger charge is 2.03. The van der Waals surface area contributed by atoms with Crippen molar-refractivity contribution in [2.75, 3.05) is 0 Å². The second kappa shape index (κ2) is 3.49. The van der Waals surface area contributed by atoms with Crippen molar-refractivity contribution in [1.82, 2.24) is 0 Å². The minimum absolute atomic E-state index is 0.0127. The average molecular weight is 183 g/mol. The summed E-state index contributed by atoms with van der Waals surface area (Å²) in [6, 6.07) is 11.2. The Morgan fingerprint density at radius 2 is 1.79 bits per heavy atom. The molecule has 0 saturated carbocycles. The highest BCUT2D eigenvalue weighted by atomic mass is 16.3. The van der Waals surface area contributed by atoms with E-state index in [1.807, 2.05) is 24.3 Å². The molecule has 0 fully saturated rings. The highest BCUT2D eigenvalue weighted by Crippen LogP contribution is 2.28. The lowest BCUT2D eigenvalue weighted by Crippen LogP contribution is -1.84. The van der Waals surface area contributed by atoms with Crippen molar-refractivity contribution >= 4 is 16.5 Å². The minimum atomic E-state index is 0.0127. The van der Waals surface area contributed by atoms with E-state index < -0.39 is 0 Å². The zero-order valence-corrected chi connectivity index (χ0v) is 7.57. The van der Waals surface area contributed by atoms with Gasteiger partial charge in [0.15, 0.2) is 5.69 Å². The maximum Gasteiger partial charge on any atom is 0.194 e. The third-order valence-corrected chi connectivity index (χ3v) is 2.28. The number of nitrogens with zero attached hydrogens (tertiary/aromatic N) is 1. The molecule has 2 aromatic rings. The number of rotatable bonds is 1. The van der Waals surface area contributed by atoms with Gasteiger partial charge in [-0.05, 0) is 16.3 Å². The predicted octanol–water partition coefficient (Wildman–Crippen LogP) is 2.88. The van der Waals surface area contributed by atoms with Gasteiger partial charge in [0.2, 0.25) is 0 Å². The van der Waals surface area contributed by atoms with Crippen LogP contribution in [0.25, 0.3) is 15.6 Å².